The summed E-state index contributed by atoms with van der Waals surface area (Å²) < 4.78 is 41.3. The lowest BCUT2D eigenvalue weighted by molar-refractivity contribution is -0.114. The molecular weight excluding hydrogens is 495 g/mol. The molecule has 0 saturated heterocycles. The van der Waals surface area contributed by atoms with Crippen molar-refractivity contribution in [2.75, 3.05) is 16.2 Å². The molecule has 5 nitrogen and oxygen atoms in total. The van der Waals surface area contributed by atoms with E-state index in [0.717, 1.165) is 33.3 Å². The Hall–Kier alpha value is -3.62. The normalized spacial score (nSPS) is 11.2. The number of nitrogens with one attached hydrogen (secondary N) is 1. The van der Waals surface area contributed by atoms with Crippen molar-refractivity contribution in [1.29, 1.82) is 0 Å². The lowest BCUT2D eigenvalue weighted by atomic mass is 10.2. The average Bonchev–Trinajstić information content (AvgIpc) is 2.88. The van der Waals surface area contributed by atoms with E-state index in [1.807, 2.05) is 37.3 Å². The number of amides is 1. The fourth-order valence-electron chi connectivity index (χ4n) is 3.46. The molecule has 0 aliphatic rings. The number of thioether (sulfide) groups is 1. The smallest absolute Gasteiger partial charge is 0.264 e. The Bertz CT molecular complexity index is 1410. The maximum Gasteiger partial charge on any atom is 0.264 e. The molecule has 4 aromatic carbocycles. The predicted molar refractivity (Wildman–Crippen MR) is 143 cm³/mol. The zero-order chi connectivity index (χ0) is 25.5. The van der Waals surface area contributed by atoms with Crippen LogP contribution in [0.2, 0.25) is 0 Å². The molecule has 0 atom stereocenters. The van der Waals surface area contributed by atoms with E-state index in [0.29, 0.717) is 5.69 Å². The van der Waals surface area contributed by atoms with Crippen LogP contribution in [-0.2, 0) is 20.6 Å². The SMILES string of the molecule is Cc1ccc(S(=O)(=O)N(CC(=O)Nc2ccc(CSc3ccccc3)cc2)c2ccc(F)cc2)cc1. The van der Waals surface area contributed by atoms with Crippen molar-refractivity contribution in [2.24, 2.45) is 0 Å². The largest absolute Gasteiger partial charge is 0.325 e. The molecule has 0 aliphatic heterocycles. The number of carbonyl (C=O) groups excluding carboxylic acids is 1. The molecule has 0 aliphatic carbocycles. The Morgan fingerprint density at radius 1 is 0.861 bits per heavy atom. The van der Waals surface area contributed by atoms with Crippen LogP contribution in [-0.4, -0.2) is 20.9 Å². The topological polar surface area (TPSA) is 66.5 Å². The van der Waals surface area contributed by atoms with Crippen molar-refractivity contribution < 1.29 is 17.6 Å². The molecule has 36 heavy (non-hydrogen) atoms. The summed E-state index contributed by atoms with van der Waals surface area (Å²) >= 11 is 1.71. The molecule has 1 N–H and O–H groups in total. The fraction of sp³-hybridized carbons (Fsp3) is 0.107. The first-order chi connectivity index (χ1) is 17.3. The van der Waals surface area contributed by atoms with Gasteiger partial charge in [0, 0.05) is 16.3 Å². The number of hydrogen-bond acceptors (Lipinski definition) is 4. The molecule has 0 heterocycles. The van der Waals surface area contributed by atoms with Gasteiger partial charge in [0.15, 0.2) is 0 Å². The van der Waals surface area contributed by atoms with Crippen LogP contribution in [0, 0.1) is 12.7 Å². The summed E-state index contributed by atoms with van der Waals surface area (Å²) in [6.45, 7) is 1.39. The van der Waals surface area contributed by atoms with E-state index in [1.165, 1.54) is 29.2 Å². The van der Waals surface area contributed by atoms with E-state index in [1.54, 1.807) is 36.0 Å². The lowest BCUT2D eigenvalue weighted by Crippen LogP contribution is -2.38. The summed E-state index contributed by atoms with van der Waals surface area (Å²) in [5.41, 5.74) is 2.75. The summed E-state index contributed by atoms with van der Waals surface area (Å²) in [6.07, 6.45) is 0. The van der Waals surface area contributed by atoms with E-state index in [-0.39, 0.29) is 10.6 Å². The van der Waals surface area contributed by atoms with Gasteiger partial charge in [0.05, 0.1) is 10.6 Å². The van der Waals surface area contributed by atoms with Crippen LogP contribution < -0.4 is 9.62 Å². The van der Waals surface area contributed by atoms with Crippen LogP contribution in [0.25, 0.3) is 0 Å². The van der Waals surface area contributed by atoms with Gasteiger partial charge in [0.1, 0.15) is 12.4 Å². The van der Waals surface area contributed by atoms with Gasteiger partial charge in [0.25, 0.3) is 10.0 Å². The maximum absolute atomic E-state index is 13.5. The van der Waals surface area contributed by atoms with E-state index in [4.69, 9.17) is 0 Å². The number of benzene rings is 4. The standard InChI is InChI=1S/C28H25FN2O3S2/c1-21-7-17-27(18-8-21)36(33,34)31(25-15-11-23(29)12-16-25)19-28(32)30-24-13-9-22(10-14-24)20-35-26-5-3-2-4-6-26/h2-18H,19-20H2,1H3,(H,30,32). The fourth-order valence-corrected chi connectivity index (χ4v) is 5.75. The first kappa shape index (κ1) is 25.5. The third-order valence-electron chi connectivity index (χ3n) is 5.40. The maximum atomic E-state index is 13.5. The number of carbonyl (C=O) groups is 1. The molecule has 8 heteroatoms. The van der Waals surface area contributed by atoms with Gasteiger partial charge < -0.3 is 5.32 Å². The third kappa shape index (κ3) is 6.53. The molecular formula is C28H25FN2O3S2. The molecule has 0 unspecified atom stereocenters. The van der Waals surface area contributed by atoms with Gasteiger partial charge in [-0.1, -0.05) is 48.0 Å². The van der Waals surface area contributed by atoms with Crippen LogP contribution in [0.15, 0.2) is 113 Å². The average molecular weight is 521 g/mol. The van der Waals surface area contributed by atoms with Crippen molar-refractivity contribution in [1.82, 2.24) is 0 Å². The van der Waals surface area contributed by atoms with E-state index >= 15 is 0 Å². The van der Waals surface area contributed by atoms with Gasteiger partial charge in [-0.05, 0) is 73.2 Å². The number of hydrogen-bond donors (Lipinski definition) is 1. The van der Waals surface area contributed by atoms with E-state index < -0.39 is 28.3 Å². The number of aryl methyl sites for hydroxylation is 1. The molecule has 0 bridgehead atoms. The van der Waals surface area contributed by atoms with Crippen LogP contribution in [0.4, 0.5) is 15.8 Å². The van der Waals surface area contributed by atoms with Gasteiger partial charge >= 0.3 is 0 Å². The third-order valence-corrected chi connectivity index (χ3v) is 8.27. The summed E-state index contributed by atoms with van der Waals surface area (Å²) in [4.78, 5) is 14.1. The number of anilines is 2. The van der Waals surface area contributed by atoms with Gasteiger partial charge in [-0.25, -0.2) is 12.8 Å². The van der Waals surface area contributed by atoms with Gasteiger partial charge in [-0.3, -0.25) is 9.10 Å². The van der Waals surface area contributed by atoms with Crippen molar-refractivity contribution in [3.05, 3.63) is 120 Å². The zero-order valence-electron chi connectivity index (χ0n) is 19.6. The molecule has 0 radical (unpaired) electrons. The summed E-state index contributed by atoms with van der Waals surface area (Å²) in [6, 6.07) is 28.9. The van der Waals surface area contributed by atoms with Gasteiger partial charge in [0.2, 0.25) is 5.91 Å². The lowest BCUT2D eigenvalue weighted by Gasteiger charge is -2.24. The zero-order valence-corrected chi connectivity index (χ0v) is 21.2. The first-order valence-electron chi connectivity index (χ1n) is 11.2. The molecule has 1 amide bonds. The van der Waals surface area contributed by atoms with Crippen molar-refractivity contribution in [3.8, 4) is 0 Å². The molecule has 184 valence electrons. The second-order valence-corrected chi connectivity index (χ2v) is 11.1. The van der Waals surface area contributed by atoms with Crippen molar-refractivity contribution in [2.45, 2.75) is 22.5 Å². The Kier molecular flexibility index (Phi) is 8.07. The monoisotopic (exact) mass is 520 g/mol. The molecule has 0 fully saturated rings. The second-order valence-electron chi connectivity index (χ2n) is 8.15. The van der Waals surface area contributed by atoms with Crippen LogP contribution in [0.1, 0.15) is 11.1 Å². The molecule has 0 spiro atoms. The van der Waals surface area contributed by atoms with E-state index in [2.05, 4.69) is 17.4 Å². The molecule has 0 saturated carbocycles. The van der Waals surface area contributed by atoms with Gasteiger partial charge in [-0.2, -0.15) is 0 Å². The highest BCUT2D eigenvalue weighted by Crippen LogP contribution is 2.25. The first-order valence-corrected chi connectivity index (χ1v) is 13.7. The van der Waals surface area contributed by atoms with Crippen LogP contribution >= 0.6 is 11.8 Å². The number of rotatable bonds is 9. The van der Waals surface area contributed by atoms with Gasteiger partial charge in [-0.15, -0.1) is 11.8 Å². The number of nitrogens with zero attached hydrogens (tertiary/aromatic N) is 1. The van der Waals surface area contributed by atoms with Crippen LogP contribution in [0.3, 0.4) is 0 Å². The van der Waals surface area contributed by atoms with Crippen LogP contribution in [0.5, 0.6) is 0 Å². The van der Waals surface area contributed by atoms with E-state index in [9.17, 15) is 17.6 Å². The Morgan fingerprint density at radius 3 is 2.14 bits per heavy atom. The highest BCUT2D eigenvalue weighted by molar-refractivity contribution is 7.98. The Morgan fingerprint density at radius 2 is 1.50 bits per heavy atom. The predicted octanol–water partition coefficient (Wildman–Crippen LogP) is 6.26. The Balaban J connectivity index is 1.48. The molecule has 4 aromatic rings. The minimum absolute atomic E-state index is 0.0468. The molecule has 0 aromatic heterocycles. The number of halogens is 1. The molecule has 4 rings (SSSR count). The highest BCUT2D eigenvalue weighted by atomic mass is 32.2. The quantitative estimate of drug-likeness (QED) is 0.265. The highest BCUT2D eigenvalue weighted by Gasteiger charge is 2.27. The summed E-state index contributed by atoms with van der Waals surface area (Å²) in [7, 11) is -4.06. The summed E-state index contributed by atoms with van der Waals surface area (Å²) in [5.74, 6) is -0.228. The minimum Gasteiger partial charge on any atom is -0.325 e. The Labute approximate surface area is 215 Å². The second kappa shape index (κ2) is 11.4. The minimum atomic E-state index is -4.06. The summed E-state index contributed by atoms with van der Waals surface area (Å²) in [5, 5.41) is 2.76. The van der Waals surface area contributed by atoms with Crippen molar-refractivity contribution in [3.63, 3.8) is 0 Å². The number of sulfonamides is 1. The van der Waals surface area contributed by atoms with Crippen molar-refractivity contribution >= 4 is 39.1 Å².